The Morgan fingerprint density at radius 3 is 1.72 bits per heavy atom. The molecule has 238 valence electrons. The highest BCUT2D eigenvalue weighted by Crippen LogP contribution is 2.34. The van der Waals surface area contributed by atoms with Crippen molar-refractivity contribution in [2.75, 3.05) is 0 Å². The lowest BCUT2D eigenvalue weighted by atomic mass is 9.86. The summed E-state index contributed by atoms with van der Waals surface area (Å²) in [4.78, 5) is 30.4. The van der Waals surface area contributed by atoms with Gasteiger partial charge in [-0.15, -0.1) is 6.58 Å². The summed E-state index contributed by atoms with van der Waals surface area (Å²) in [6.45, 7) is 14.3. The number of hydrogen-bond acceptors (Lipinski definition) is 6. The Labute approximate surface area is 254 Å². The summed E-state index contributed by atoms with van der Waals surface area (Å²) < 4.78 is 0. The van der Waals surface area contributed by atoms with Gasteiger partial charge in [-0.25, -0.2) is 0 Å². The molecule has 2 aromatic rings. The smallest absolute Gasteiger partial charge is 0.303 e. The van der Waals surface area contributed by atoms with Gasteiger partial charge in [-0.1, -0.05) is 33.3 Å². The van der Waals surface area contributed by atoms with Gasteiger partial charge in [0, 0.05) is 72.9 Å². The van der Waals surface area contributed by atoms with Crippen molar-refractivity contribution in [3.05, 3.63) is 57.7 Å². The summed E-state index contributed by atoms with van der Waals surface area (Å²) in [5, 5.41) is 46.5. The van der Waals surface area contributed by atoms with Crippen molar-refractivity contribution in [3.8, 4) is 0 Å². The van der Waals surface area contributed by atoms with Crippen molar-refractivity contribution in [1.82, 2.24) is 20.6 Å². The minimum Gasteiger partial charge on any atom is -0.481 e. The maximum absolute atomic E-state index is 11.6. The largest absolute Gasteiger partial charge is 0.481 e. The molecule has 2 aliphatic rings. The summed E-state index contributed by atoms with van der Waals surface area (Å²) in [6, 6.07) is 0.137. The fourth-order valence-corrected chi connectivity index (χ4v) is 7.58. The SMILES string of the molecule is C=C[C@@H]1[C@@H](C)[C@@H](Cc2[nH]c(Cc3[nH]c(C[C@@H]4N[C@@H](O)[C@H](C)[C@H]4CC)c(C)c3CCC(=O)O)c(CCC(=O)O)c2C)N[C@H]1O. The van der Waals surface area contributed by atoms with Crippen LogP contribution in [-0.2, 0) is 41.7 Å². The Hall–Kier alpha value is -2.92. The molecule has 4 rings (SSSR count). The first-order valence-electron chi connectivity index (χ1n) is 15.7. The first-order valence-corrected chi connectivity index (χ1v) is 15.7. The van der Waals surface area contributed by atoms with Crippen LogP contribution >= 0.6 is 0 Å². The third-order valence-electron chi connectivity index (χ3n) is 10.3. The highest BCUT2D eigenvalue weighted by Gasteiger charge is 2.39. The highest BCUT2D eigenvalue weighted by molar-refractivity contribution is 5.68. The number of aromatic nitrogens is 2. The number of aromatic amines is 2. The van der Waals surface area contributed by atoms with E-state index in [0.29, 0.717) is 38.0 Å². The molecule has 8 N–H and O–H groups in total. The summed E-state index contributed by atoms with van der Waals surface area (Å²) in [6.07, 6.45) is 4.19. The minimum atomic E-state index is -0.859. The molecule has 0 aromatic carbocycles. The Bertz CT molecular complexity index is 1310. The average Bonchev–Trinajstić information content (AvgIpc) is 3.59. The highest BCUT2D eigenvalue weighted by atomic mass is 16.4. The number of aliphatic hydroxyl groups excluding tert-OH is 2. The maximum Gasteiger partial charge on any atom is 0.303 e. The molecule has 43 heavy (non-hydrogen) atoms. The molecule has 4 heterocycles. The zero-order valence-corrected chi connectivity index (χ0v) is 26.2. The topological polar surface area (TPSA) is 171 Å². The Kier molecular flexibility index (Phi) is 10.6. The average molecular weight is 599 g/mol. The molecule has 2 fully saturated rings. The van der Waals surface area contributed by atoms with Crippen molar-refractivity contribution in [2.24, 2.45) is 23.7 Å². The molecule has 0 saturated carbocycles. The molecule has 2 aliphatic heterocycles. The number of carboxylic acid groups (broad SMARTS) is 2. The molecule has 0 aliphatic carbocycles. The first kappa shape index (κ1) is 33.0. The van der Waals surface area contributed by atoms with Crippen LogP contribution in [0.5, 0.6) is 0 Å². The number of H-pyrrole nitrogens is 2. The van der Waals surface area contributed by atoms with Crippen LogP contribution in [0.15, 0.2) is 12.7 Å². The van der Waals surface area contributed by atoms with Crippen molar-refractivity contribution in [2.45, 2.75) is 111 Å². The van der Waals surface area contributed by atoms with Gasteiger partial charge in [0.1, 0.15) is 12.5 Å². The number of carbonyl (C=O) groups is 2. The van der Waals surface area contributed by atoms with E-state index in [1.165, 1.54) is 0 Å². The molecule has 2 aromatic heterocycles. The van der Waals surface area contributed by atoms with E-state index >= 15 is 0 Å². The van der Waals surface area contributed by atoms with Crippen LogP contribution in [-0.4, -0.2) is 66.9 Å². The molecule has 10 nitrogen and oxygen atoms in total. The molecule has 10 heteroatoms. The van der Waals surface area contributed by atoms with E-state index in [2.05, 4.69) is 48.0 Å². The van der Waals surface area contributed by atoms with Gasteiger partial charge >= 0.3 is 11.9 Å². The van der Waals surface area contributed by atoms with Crippen molar-refractivity contribution >= 4 is 11.9 Å². The number of hydrogen-bond donors (Lipinski definition) is 8. The minimum absolute atomic E-state index is 0.00755. The standard InChI is InChI=1S/C33H50N4O6/c1-7-20-19(6)32(42)37-27(20)14-25-18(5)23(10-12-31(40)41)29(35-25)15-28-22(9-11-30(38)39)17(4)24(34-28)13-26-16(3)21(8-2)33(43)36-26/h8,16,19-21,26-27,32-37,42-43H,2,7,9-15H2,1,3-6H3,(H,38,39)(H,40,41)/t16-,19-,20-,21-,26-,27+,32+,33+/m1/s1. The van der Waals surface area contributed by atoms with Gasteiger partial charge in [-0.05, 0) is 66.7 Å². The summed E-state index contributed by atoms with van der Waals surface area (Å²) in [5.74, 6) is -1.11. The second-order valence-corrected chi connectivity index (χ2v) is 12.8. The zero-order chi connectivity index (χ0) is 31.6. The lowest BCUT2D eigenvalue weighted by Crippen LogP contribution is -2.33. The Morgan fingerprint density at radius 2 is 1.28 bits per heavy atom. The van der Waals surface area contributed by atoms with Crippen molar-refractivity contribution in [1.29, 1.82) is 0 Å². The van der Waals surface area contributed by atoms with Gasteiger partial charge in [0.2, 0.25) is 0 Å². The predicted molar refractivity (Wildman–Crippen MR) is 165 cm³/mol. The van der Waals surface area contributed by atoms with E-state index in [4.69, 9.17) is 0 Å². The molecule has 0 bridgehead atoms. The molecule has 0 unspecified atom stereocenters. The monoisotopic (exact) mass is 598 g/mol. The summed E-state index contributed by atoms with van der Waals surface area (Å²) >= 11 is 0. The number of carboxylic acids is 2. The van der Waals surface area contributed by atoms with E-state index < -0.39 is 24.4 Å². The molecule has 2 saturated heterocycles. The molecular weight excluding hydrogens is 548 g/mol. The number of aliphatic carboxylic acids is 2. The van der Waals surface area contributed by atoms with Crippen LogP contribution < -0.4 is 10.6 Å². The molecule has 0 amide bonds. The second-order valence-electron chi connectivity index (χ2n) is 12.8. The van der Waals surface area contributed by atoms with Crippen molar-refractivity contribution in [3.63, 3.8) is 0 Å². The van der Waals surface area contributed by atoms with Crippen LogP contribution in [0.2, 0.25) is 0 Å². The second kappa shape index (κ2) is 13.8. The lowest BCUT2D eigenvalue weighted by Gasteiger charge is -2.20. The van der Waals surface area contributed by atoms with Crippen LogP contribution in [0.3, 0.4) is 0 Å². The van der Waals surface area contributed by atoms with Crippen LogP contribution in [0, 0.1) is 37.5 Å². The van der Waals surface area contributed by atoms with Crippen molar-refractivity contribution < 1.29 is 30.0 Å². The van der Waals surface area contributed by atoms with E-state index in [0.717, 1.165) is 51.5 Å². The van der Waals surface area contributed by atoms with Gasteiger partial charge in [-0.3, -0.25) is 20.2 Å². The molecule has 0 radical (unpaired) electrons. The van der Waals surface area contributed by atoms with Gasteiger partial charge in [0.05, 0.1) is 0 Å². The van der Waals surface area contributed by atoms with Gasteiger partial charge < -0.3 is 30.4 Å². The predicted octanol–water partition coefficient (Wildman–Crippen LogP) is 3.35. The van der Waals surface area contributed by atoms with Gasteiger partial charge in [-0.2, -0.15) is 0 Å². The van der Waals surface area contributed by atoms with E-state index in [-0.39, 0.29) is 42.7 Å². The fraction of sp³-hybridized carbons (Fsp3) is 0.636. The lowest BCUT2D eigenvalue weighted by molar-refractivity contribution is -0.138. The van der Waals surface area contributed by atoms with Crippen LogP contribution in [0.25, 0.3) is 0 Å². The van der Waals surface area contributed by atoms with Crippen LogP contribution in [0.1, 0.15) is 85.1 Å². The number of rotatable bonds is 14. The van der Waals surface area contributed by atoms with E-state index in [1.54, 1.807) is 6.08 Å². The third-order valence-corrected chi connectivity index (χ3v) is 10.3. The zero-order valence-electron chi connectivity index (χ0n) is 26.2. The van der Waals surface area contributed by atoms with E-state index in [1.807, 2.05) is 13.8 Å². The van der Waals surface area contributed by atoms with E-state index in [9.17, 15) is 30.0 Å². The summed E-state index contributed by atoms with van der Waals surface area (Å²) in [7, 11) is 0. The molecular formula is C33H50N4O6. The molecule has 8 atom stereocenters. The number of aliphatic hydroxyl groups is 2. The fourth-order valence-electron chi connectivity index (χ4n) is 7.58. The quantitative estimate of drug-likeness (QED) is 0.153. The number of nitrogens with one attached hydrogen (secondary N) is 4. The first-order chi connectivity index (χ1) is 20.4. The Morgan fingerprint density at radius 1 is 0.791 bits per heavy atom. The normalized spacial score (nSPS) is 28.9. The summed E-state index contributed by atoms with van der Waals surface area (Å²) in [5.41, 5.74) is 7.95. The van der Waals surface area contributed by atoms with Crippen LogP contribution in [0.4, 0.5) is 0 Å². The third kappa shape index (κ3) is 7.09. The molecule has 0 spiro atoms. The van der Waals surface area contributed by atoms with Gasteiger partial charge in [0.15, 0.2) is 0 Å². The maximum atomic E-state index is 11.6. The Balaban J connectivity index is 1.67. The van der Waals surface area contributed by atoms with Gasteiger partial charge in [0.25, 0.3) is 0 Å².